The summed E-state index contributed by atoms with van der Waals surface area (Å²) in [6.45, 7) is 23.6. The van der Waals surface area contributed by atoms with Crippen LogP contribution in [0, 0.1) is 79.1 Å². The Morgan fingerprint density at radius 3 is 1.04 bits per heavy atom. The number of thiophene rings is 5. The van der Waals surface area contributed by atoms with Crippen molar-refractivity contribution < 1.29 is 94.7 Å². The number of carbonyl (C=O) groups excluding carboxylic acids is 4. The predicted molar refractivity (Wildman–Crippen MR) is 580 cm³/mol. The van der Waals surface area contributed by atoms with Crippen LogP contribution >= 0.6 is 79.3 Å². The molecule has 26 heteroatoms. The van der Waals surface area contributed by atoms with Crippen LogP contribution < -0.4 is 0 Å². The number of carbonyl (C=O) groups is 4. The molecule has 15 atom stereocenters. The van der Waals surface area contributed by atoms with Gasteiger partial charge in [-0.1, -0.05) is 173 Å². The molecule has 0 aliphatic carbocycles. The maximum atomic E-state index is 13.4. The van der Waals surface area contributed by atoms with Crippen LogP contribution in [0.4, 0.5) is 22.0 Å². The molecule has 146 heavy (non-hydrogen) atoms. The largest absolute Gasteiger partial charge is 0.459 e. The second-order valence-corrected chi connectivity index (χ2v) is 44.1. The first-order valence-electron chi connectivity index (χ1n) is 48.6. The van der Waals surface area contributed by atoms with E-state index in [4.69, 9.17) is 33.2 Å². The molecule has 18 rings (SSSR count). The van der Waals surface area contributed by atoms with E-state index in [0.29, 0.717) is 30.7 Å². The molecular formula is C120H120F5IO15S5. The summed E-state index contributed by atoms with van der Waals surface area (Å²) in [6.07, 6.45) is -5.28. The van der Waals surface area contributed by atoms with E-state index in [-0.39, 0.29) is 59.3 Å². The Kier molecular flexibility index (Phi) is 39.0. The lowest BCUT2D eigenvalue weighted by molar-refractivity contribution is -0.249. The van der Waals surface area contributed by atoms with Gasteiger partial charge in [-0.25, -0.2) is 22.0 Å². The van der Waals surface area contributed by atoms with Crippen LogP contribution in [0.3, 0.4) is 0 Å². The van der Waals surface area contributed by atoms with Crippen molar-refractivity contribution in [3.63, 3.8) is 0 Å². The summed E-state index contributed by atoms with van der Waals surface area (Å²) in [5.41, 5.74) is 19.6. The third kappa shape index (κ3) is 29.0. The van der Waals surface area contributed by atoms with Crippen LogP contribution in [0.25, 0.3) is 52.2 Å². The number of ether oxygens (including phenoxy) is 7. The van der Waals surface area contributed by atoms with Gasteiger partial charge in [-0.15, -0.1) is 56.7 Å². The number of aliphatic hydroxyl groups excluding tert-OH is 4. The van der Waals surface area contributed by atoms with Gasteiger partial charge in [0.05, 0.1) is 18.8 Å². The Morgan fingerprint density at radius 2 is 0.651 bits per heavy atom. The van der Waals surface area contributed by atoms with E-state index in [0.717, 1.165) is 111 Å². The standard InChI is InChI=1S/C31H33FO7S.C29H33FO3S.C24H25FO5S.C18H14FIS.C18H15FS/c1-6-26-29(36-18(3)33)31(38-20(5)35)30(37-19(4)34)28(39-26)22-8-7-17(2)23(15-22)16-25-13-14-27(40-25)21-9-11-24(32)12-10-21;1-6-26-17(2)18(3)28(32-20(5)31)29(33-26)25-9-7-8-22(19(25)4)16-24-14-15-27(34-24)21-10-12-23(30)13-11-21;1-13-2-3-15(24-23(29)22(28)21(27)19(12-26)30-24)10-16(13)11-18-8-9-20(31-18)14-4-6-17(25)7-5-14;1-12-2-7-16(20)10-14(12)11-17-8-9-18(21-17)13-3-5-15(19)6-4-13;1-13-4-2-3-5-15(13)12-17-10-11-18(20-17)14-6-8-16(19)9-7-14/h7-15,26,28-31H,6,16H2,1-5H3;7-15,17-18,26,28-29H,6,16H2,1-5H3;2-10,19,21-24,26-29H,11-12H2,1H3;2-10H,11H2,1H3;2-11H,12H2,1H3/t26-,28+,29-,30+,31+;17-,18-,26+,28+,29-;19-,21-,22+,23-,24-;;/m101../s1. The molecule has 3 saturated heterocycles. The molecule has 4 N–H and O–H groups in total. The van der Waals surface area contributed by atoms with Gasteiger partial charge in [0, 0.05) is 118 Å². The zero-order valence-electron chi connectivity index (χ0n) is 83.5. The van der Waals surface area contributed by atoms with Crippen molar-refractivity contribution >= 4 is 103 Å². The first kappa shape index (κ1) is 110. The zero-order chi connectivity index (χ0) is 104. The van der Waals surface area contributed by atoms with Gasteiger partial charge in [-0.05, 0) is 310 Å². The van der Waals surface area contributed by atoms with E-state index in [9.17, 15) is 61.6 Å². The van der Waals surface area contributed by atoms with Crippen LogP contribution in [0.5, 0.6) is 0 Å². The summed E-state index contributed by atoms with van der Waals surface area (Å²) in [7, 11) is 0. The number of benzene rings is 10. The highest BCUT2D eigenvalue weighted by atomic mass is 127. The Hall–Kier alpha value is -11.3. The molecule has 5 aromatic heterocycles. The Balaban J connectivity index is 0.000000147. The summed E-state index contributed by atoms with van der Waals surface area (Å²) in [6, 6.07) is 86.7. The van der Waals surface area contributed by atoms with Gasteiger partial charge in [0.25, 0.3) is 0 Å². The fourth-order valence-corrected chi connectivity index (χ4v) is 24.1. The normalized spacial score (nSPS) is 20.5. The minimum absolute atomic E-state index is 0.130. The number of esters is 4. The van der Waals surface area contributed by atoms with Gasteiger partial charge < -0.3 is 53.6 Å². The van der Waals surface area contributed by atoms with Crippen molar-refractivity contribution in [2.75, 3.05) is 6.61 Å². The van der Waals surface area contributed by atoms with E-state index < -0.39 is 85.6 Å². The van der Waals surface area contributed by atoms with Crippen molar-refractivity contribution in [3.05, 3.63) is 408 Å². The van der Waals surface area contributed by atoms with Gasteiger partial charge in [0.15, 0.2) is 18.3 Å². The topological polar surface area (TPSA) is 214 Å². The van der Waals surface area contributed by atoms with Crippen molar-refractivity contribution in [1.82, 2.24) is 0 Å². The van der Waals surface area contributed by atoms with Crippen molar-refractivity contribution in [2.24, 2.45) is 11.8 Å². The average Bonchev–Trinajstić information content (AvgIpc) is 0.958. The highest BCUT2D eigenvalue weighted by Crippen LogP contribution is 2.46. The average molecular weight is 2180 g/mol. The van der Waals surface area contributed by atoms with Gasteiger partial charge in [0.2, 0.25) is 0 Å². The molecule has 0 radical (unpaired) electrons. The molecule has 0 saturated carbocycles. The summed E-state index contributed by atoms with van der Waals surface area (Å²) >= 11 is 10.9. The molecule has 3 aliphatic rings. The number of hydrogen-bond donors (Lipinski definition) is 4. The maximum absolute atomic E-state index is 13.4. The summed E-state index contributed by atoms with van der Waals surface area (Å²) in [4.78, 5) is 59.8. The summed E-state index contributed by atoms with van der Waals surface area (Å²) < 4.78 is 108. The quantitative estimate of drug-likeness (QED) is 0.0181. The summed E-state index contributed by atoms with van der Waals surface area (Å²) in [5, 5.41) is 40.0. The van der Waals surface area contributed by atoms with E-state index in [1.165, 1.54) is 150 Å². The molecule has 3 fully saturated rings. The fraction of sp³-hybridized carbons (Fsp3) is 0.300. The molecule has 0 unspecified atom stereocenters. The molecule has 8 heterocycles. The van der Waals surface area contributed by atoms with E-state index in [1.807, 2.05) is 112 Å². The number of halogens is 6. The van der Waals surface area contributed by atoms with Crippen LogP contribution in [-0.2, 0) is 84.4 Å². The van der Waals surface area contributed by atoms with E-state index >= 15 is 0 Å². The molecule has 10 aromatic carbocycles. The van der Waals surface area contributed by atoms with Crippen molar-refractivity contribution in [3.8, 4) is 52.2 Å². The highest BCUT2D eigenvalue weighted by molar-refractivity contribution is 14.1. The Bertz CT molecular complexity index is 6900. The van der Waals surface area contributed by atoms with Crippen LogP contribution in [0.2, 0.25) is 0 Å². The fourth-order valence-electron chi connectivity index (χ4n) is 18.4. The highest BCUT2D eigenvalue weighted by Gasteiger charge is 2.52. The molecule has 0 bridgehead atoms. The molecule has 0 amide bonds. The van der Waals surface area contributed by atoms with Gasteiger partial charge in [-0.2, -0.15) is 0 Å². The number of rotatable bonds is 25. The molecule has 15 aromatic rings. The lowest BCUT2D eigenvalue weighted by Crippen LogP contribution is -2.58. The smallest absolute Gasteiger partial charge is 0.303 e. The molecule has 0 spiro atoms. The zero-order valence-corrected chi connectivity index (χ0v) is 89.7. The first-order valence-corrected chi connectivity index (χ1v) is 53.8. The van der Waals surface area contributed by atoms with Crippen molar-refractivity contribution in [2.45, 2.75) is 214 Å². The van der Waals surface area contributed by atoms with Crippen LogP contribution in [0.15, 0.2) is 279 Å². The number of aryl methyl sites for hydroxylation is 4. The molecule has 762 valence electrons. The van der Waals surface area contributed by atoms with Gasteiger partial charge in [0.1, 0.15) is 77.9 Å². The van der Waals surface area contributed by atoms with Crippen molar-refractivity contribution in [1.29, 1.82) is 0 Å². The Morgan fingerprint density at radius 1 is 0.322 bits per heavy atom. The number of hydrogen-bond acceptors (Lipinski definition) is 20. The third-order valence-electron chi connectivity index (χ3n) is 26.6. The van der Waals surface area contributed by atoms with Gasteiger partial charge in [-0.3, -0.25) is 19.2 Å². The van der Waals surface area contributed by atoms with Gasteiger partial charge >= 0.3 is 23.9 Å². The third-order valence-corrected chi connectivity index (χ3v) is 33.0. The minimum Gasteiger partial charge on any atom is -0.459 e. The second kappa shape index (κ2) is 51.5. The van der Waals surface area contributed by atoms with Crippen LogP contribution in [-0.4, -0.2) is 112 Å². The number of aliphatic hydroxyl groups is 4. The lowest BCUT2D eigenvalue weighted by atomic mass is 9.78. The molecule has 15 nitrogen and oxygen atoms in total. The SMILES string of the molecule is CC[C@H]1O[C@@H](c2ccc(C)c(Cc3ccc(-c4ccc(F)cc4)s3)c2)[C@H](OC(C)=O)[C@@H](OC(C)=O)[C@@H]1OC(C)=O.CC[C@H]1O[C@@H](c2cccc(Cc3ccc(-c4ccc(F)cc4)s3)c2C)[C@H](OC(C)=O)[C@@H](C)[C@@H]1C.Cc1ccc(I)cc1Cc1ccc(-c2ccc(F)cc2)s1.Cc1ccc([C@H]2O[C@H](CO)[C@@H](O)[C@H](O)[C@H]2O)cc1Cc1ccc(-c2ccc(F)cc2)s1.Cc1ccccc1Cc1ccc(-c2ccc(F)cc2)s1. The first-order chi connectivity index (χ1) is 70.0. The van der Waals surface area contributed by atoms with E-state index in [1.54, 1.807) is 80.9 Å². The molecule has 3 aliphatic heterocycles. The lowest BCUT2D eigenvalue weighted by Gasteiger charge is -2.45. The summed E-state index contributed by atoms with van der Waals surface area (Å²) in [5.74, 6) is -2.62. The second-order valence-electron chi connectivity index (χ2n) is 37.0. The predicted octanol–water partition coefficient (Wildman–Crippen LogP) is 28.1. The maximum Gasteiger partial charge on any atom is 0.303 e. The van der Waals surface area contributed by atoms with E-state index in [2.05, 4.69) is 167 Å². The van der Waals surface area contributed by atoms with Crippen LogP contribution in [0.1, 0.15) is 183 Å². The monoisotopic (exact) mass is 2180 g/mol. The molecular weight excluding hydrogens is 2060 g/mol. The minimum atomic E-state index is -1.41. The Labute approximate surface area is 884 Å².